The number of rotatable bonds is 8. The molecule has 2 heterocycles. The van der Waals surface area contributed by atoms with Crippen molar-refractivity contribution in [2.45, 2.75) is 137 Å². The SMILES string of the molecule is CC(C)(C)c1c[c-]c(-c2nnc(-c3ccc(C(C)(C)C)cc3)n2-c2ccccc2)cc1.CC(C)(C)c1ccc(-c2nnc(-c3ccc(C(C)(C)C)cc3)n2-c2ccccc2)cc1.CC(O)CC(C)O.[Ir].[Ir]. The van der Waals surface area contributed by atoms with Gasteiger partial charge in [-0.15, -0.1) is 50.7 Å². The largest absolute Gasteiger partial charge is 0.393 e. The molecule has 0 aliphatic rings. The molecule has 0 aliphatic heterocycles. The second-order valence-corrected chi connectivity index (χ2v) is 22.2. The van der Waals surface area contributed by atoms with Crippen LogP contribution in [0.2, 0.25) is 0 Å². The van der Waals surface area contributed by atoms with E-state index in [1.54, 1.807) is 13.8 Å². The molecule has 0 spiro atoms. The van der Waals surface area contributed by atoms with Crippen LogP contribution in [0.25, 0.3) is 56.9 Å². The van der Waals surface area contributed by atoms with Crippen LogP contribution < -0.4 is 0 Å². The summed E-state index contributed by atoms with van der Waals surface area (Å²) in [5.41, 5.74) is 11.8. The van der Waals surface area contributed by atoms with Crippen molar-refractivity contribution in [3.63, 3.8) is 0 Å². The molecule has 8 nitrogen and oxygen atoms in total. The fraction of sp³-hybridized carbons (Fsp3) is 0.344. The standard InChI is InChI=1S/C28H31N3.C28H30N3.C5H12O2.2Ir/c2*1-27(2,3)22-16-12-20(13-17-22)25-29-30-26(31(25)24-10-8-7-9-11-24)21-14-18-23(19-15-21)28(4,5)6;1-4(6)3-5(2)7;;/h7-19H,1-6H3;7-14,16-19H,1-6H3;4-7H,3H2,1-2H3;;/q;-1;;;. The number of para-hydroxylation sites is 2. The molecule has 8 rings (SSSR count). The first kappa shape index (κ1) is 58.4. The molecule has 71 heavy (non-hydrogen) atoms. The topological polar surface area (TPSA) is 102 Å². The third-order valence-electron chi connectivity index (χ3n) is 12.0. The minimum atomic E-state index is -0.375. The maximum absolute atomic E-state index is 8.56. The van der Waals surface area contributed by atoms with E-state index in [4.69, 9.17) is 10.2 Å². The zero-order chi connectivity index (χ0) is 50.3. The van der Waals surface area contributed by atoms with Crippen molar-refractivity contribution in [1.82, 2.24) is 29.5 Å². The Morgan fingerprint density at radius 3 is 0.930 bits per heavy atom. The molecule has 2 radical (unpaired) electrons. The maximum atomic E-state index is 8.56. The van der Waals surface area contributed by atoms with Crippen LogP contribution in [0.4, 0.5) is 0 Å². The van der Waals surface area contributed by atoms with E-state index in [0.717, 1.165) is 56.9 Å². The number of aliphatic hydroxyl groups is 2. The Morgan fingerprint density at radius 2 is 0.676 bits per heavy atom. The van der Waals surface area contributed by atoms with Crippen LogP contribution in [0.1, 0.15) is 126 Å². The van der Waals surface area contributed by atoms with E-state index in [-0.39, 0.29) is 74.1 Å². The van der Waals surface area contributed by atoms with Crippen molar-refractivity contribution in [3.05, 3.63) is 180 Å². The molecular weight excluding hydrogens is 1230 g/mol. The maximum Gasteiger partial charge on any atom is 0.168 e. The summed E-state index contributed by atoms with van der Waals surface area (Å²) in [5, 5.41) is 35.5. The van der Waals surface area contributed by atoms with Gasteiger partial charge in [-0.25, -0.2) is 0 Å². The molecule has 10 heteroatoms. The van der Waals surface area contributed by atoms with Gasteiger partial charge in [0.25, 0.3) is 0 Å². The summed E-state index contributed by atoms with van der Waals surface area (Å²) in [6, 6.07) is 56.4. The van der Waals surface area contributed by atoms with Gasteiger partial charge in [0.15, 0.2) is 17.5 Å². The summed E-state index contributed by atoms with van der Waals surface area (Å²) in [6.45, 7) is 30.0. The van der Waals surface area contributed by atoms with Gasteiger partial charge < -0.3 is 14.8 Å². The smallest absolute Gasteiger partial charge is 0.168 e. The number of aromatic nitrogens is 6. The number of hydrogen-bond donors (Lipinski definition) is 2. The van der Waals surface area contributed by atoms with Crippen LogP contribution in [-0.2, 0) is 61.9 Å². The van der Waals surface area contributed by atoms with Gasteiger partial charge in [-0.05, 0) is 82.9 Å². The molecule has 0 aliphatic carbocycles. The van der Waals surface area contributed by atoms with Crippen LogP contribution in [0, 0.1) is 6.07 Å². The molecule has 0 saturated carbocycles. The molecule has 0 bridgehead atoms. The third-order valence-corrected chi connectivity index (χ3v) is 12.0. The van der Waals surface area contributed by atoms with Crippen molar-refractivity contribution < 1.29 is 50.4 Å². The van der Waals surface area contributed by atoms with Crippen molar-refractivity contribution in [2.75, 3.05) is 0 Å². The quantitative estimate of drug-likeness (QED) is 0.147. The van der Waals surface area contributed by atoms with Gasteiger partial charge in [0.1, 0.15) is 0 Å². The average Bonchev–Trinajstić information content (AvgIpc) is 3.95. The Hall–Kier alpha value is -5.18. The fourth-order valence-corrected chi connectivity index (χ4v) is 7.83. The summed E-state index contributed by atoms with van der Waals surface area (Å²) in [4.78, 5) is 0. The molecule has 2 unspecified atom stereocenters. The van der Waals surface area contributed by atoms with Gasteiger partial charge in [0.2, 0.25) is 0 Å². The summed E-state index contributed by atoms with van der Waals surface area (Å²) >= 11 is 0. The van der Waals surface area contributed by atoms with E-state index in [2.05, 4.69) is 234 Å². The van der Waals surface area contributed by atoms with Crippen LogP contribution in [0.15, 0.2) is 152 Å². The molecule has 2 N–H and O–H groups in total. The van der Waals surface area contributed by atoms with E-state index in [1.807, 2.05) is 36.4 Å². The Balaban J connectivity index is 0.000000265. The predicted molar refractivity (Wildman–Crippen MR) is 286 cm³/mol. The van der Waals surface area contributed by atoms with Crippen LogP contribution >= 0.6 is 0 Å². The molecule has 2 aromatic heterocycles. The zero-order valence-corrected chi connectivity index (χ0v) is 48.8. The molecule has 8 aromatic rings. The third kappa shape index (κ3) is 15.4. The van der Waals surface area contributed by atoms with Gasteiger partial charge in [-0.2, -0.15) is 5.10 Å². The van der Waals surface area contributed by atoms with Crippen molar-refractivity contribution in [2.24, 2.45) is 0 Å². The van der Waals surface area contributed by atoms with Gasteiger partial charge in [0, 0.05) is 68.3 Å². The predicted octanol–water partition coefficient (Wildman–Crippen LogP) is 14.3. The first-order valence-electron chi connectivity index (χ1n) is 24.1. The van der Waals surface area contributed by atoms with Gasteiger partial charge in [0.05, 0.1) is 18.0 Å². The second kappa shape index (κ2) is 24.5. The van der Waals surface area contributed by atoms with Crippen molar-refractivity contribution in [1.29, 1.82) is 0 Å². The van der Waals surface area contributed by atoms with Gasteiger partial charge in [-0.3, -0.25) is 4.57 Å². The van der Waals surface area contributed by atoms with E-state index >= 15 is 0 Å². The van der Waals surface area contributed by atoms with E-state index in [0.29, 0.717) is 6.42 Å². The zero-order valence-electron chi connectivity index (χ0n) is 44.0. The van der Waals surface area contributed by atoms with Crippen LogP contribution in [0.5, 0.6) is 0 Å². The van der Waals surface area contributed by atoms with Crippen molar-refractivity contribution in [3.8, 4) is 56.9 Å². The minimum Gasteiger partial charge on any atom is -0.393 e. The van der Waals surface area contributed by atoms with E-state index < -0.39 is 0 Å². The molecule has 0 fully saturated rings. The summed E-state index contributed by atoms with van der Waals surface area (Å²) in [5.74, 6) is 3.32. The molecule has 378 valence electrons. The first-order valence-corrected chi connectivity index (χ1v) is 24.1. The van der Waals surface area contributed by atoms with Gasteiger partial charge >= 0.3 is 0 Å². The summed E-state index contributed by atoms with van der Waals surface area (Å²) in [6.07, 6.45) is -0.278. The molecule has 0 saturated heterocycles. The van der Waals surface area contributed by atoms with Crippen molar-refractivity contribution >= 4 is 0 Å². The van der Waals surface area contributed by atoms with E-state index in [9.17, 15) is 0 Å². The average molecular weight is 1310 g/mol. The summed E-state index contributed by atoms with van der Waals surface area (Å²) < 4.78 is 4.27. The number of nitrogens with zero attached hydrogens (tertiary/aromatic N) is 6. The number of aliphatic hydroxyl groups excluding tert-OH is 2. The Morgan fingerprint density at radius 1 is 0.394 bits per heavy atom. The monoisotopic (exact) mass is 1310 g/mol. The van der Waals surface area contributed by atoms with Crippen LogP contribution in [0.3, 0.4) is 0 Å². The normalized spacial score (nSPS) is 12.5. The minimum absolute atomic E-state index is 0. The molecular formula is C61H73Ir2N6O2-. The van der Waals surface area contributed by atoms with Crippen LogP contribution in [-0.4, -0.2) is 51.9 Å². The number of hydrogen-bond acceptors (Lipinski definition) is 6. The summed E-state index contributed by atoms with van der Waals surface area (Å²) in [7, 11) is 0. The molecule has 2 atom stereocenters. The fourth-order valence-electron chi connectivity index (χ4n) is 7.83. The van der Waals surface area contributed by atoms with Gasteiger partial charge in [-0.1, -0.05) is 192 Å². The molecule has 6 aromatic carbocycles. The Bertz CT molecular complexity index is 2500. The molecule has 0 amide bonds. The van der Waals surface area contributed by atoms with E-state index in [1.165, 1.54) is 22.3 Å². The second-order valence-electron chi connectivity index (χ2n) is 22.2. The Labute approximate surface area is 451 Å². The Kier molecular flexibility index (Phi) is 20.1. The number of benzene rings is 6. The first-order chi connectivity index (χ1) is 32.4.